The van der Waals surface area contributed by atoms with E-state index in [1.165, 1.54) is 12.1 Å². The molecule has 0 aliphatic carbocycles. The lowest BCUT2D eigenvalue weighted by molar-refractivity contribution is -0.356. The molecule has 0 radical (unpaired) electrons. The molecule has 176 valence electrons. The monoisotopic (exact) mass is 488 g/mol. The number of fused-ring (bicyclic) bond motifs is 1. The van der Waals surface area contributed by atoms with Crippen LogP contribution < -0.4 is 4.74 Å². The summed E-state index contributed by atoms with van der Waals surface area (Å²) in [5.41, 5.74) is -6.19. The van der Waals surface area contributed by atoms with Gasteiger partial charge in [-0.1, -0.05) is 12.1 Å². The molecule has 3 rings (SSSR count). The molecule has 1 atom stereocenters. The SMILES string of the molecule is O=C(OC(CS(=O)(=O)O)(C(F)(F)F)C(F)(F)F)c1ccc2ccc(OCC3CO3)cc2c1. The predicted molar refractivity (Wildman–Crippen MR) is 95.9 cm³/mol. The molecule has 0 bridgehead atoms. The summed E-state index contributed by atoms with van der Waals surface area (Å²) in [5.74, 6) is -4.74. The van der Waals surface area contributed by atoms with E-state index < -0.39 is 45.4 Å². The molecule has 0 aromatic heterocycles. The van der Waals surface area contributed by atoms with Crippen molar-refractivity contribution in [2.75, 3.05) is 19.0 Å². The Morgan fingerprint density at radius 2 is 1.62 bits per heavy atom. The molecule has 1 aliphatic heterocycles. The van der Waals surface area contributed by atoms with Crippen LogP contribution in [0.1, 0.15) is 10.4 Å². The van der Waals surface area contributed by atoms with Crippen LogP contribution >= 0.6 is 0 Å². The molecule has 0 saturated carbocycles. The number of hydrogen-bond donors (Lipinski definition) is 1. The van der Waals surface area contributed by atoms with E-state index in [4.69, 9.17) is 14.0 Å². The van der Waals surface area contributed by atoms with Gasteiger partial charge in [0.15, 0.2) is 0 Å². The molecule has 1 aliphatic rings. The Hall–Kier alpha value is -2.58. The number of rotatable bonds is 7. The zero-order valence-corrected chi connectivity index (χ0v) is 16.6. The van der Waals surface area contributed by atoms with Crippen molar-refractivity contribution in [2.24, 2.45) is 0 Å². The van der Waals surface area contributed by atoms with Gasteiger partial charge in [-0.3, -0.25) is 4.55 Å². The number of hydrogen-bond acceptors (Lipinski definition) is 6. The van der Waals surface area contributed by atoms with E-state index in [0.717, 1.165) is 12.1 Å². The average molecular weight is 488 g/mol. The minimum absolute atomic E-state index is 0.0762. The fourth-order valence-corrected chi connectivity index (χ4v) is 3.64. The number of benzene rings is 2. The molecule has 2 aromatic rings. The Morgan fingerprint density at radius 1 is 1.03 bits per heavy atom. The van der Waals surface area contributed by atoms with Gasteiger partial charge in [-0.15, -0.1) is 0 Å². The third-order valence-corrected chi connectivity index (χ3v) is 5.23. The lowest BCUT2D eigenvalue weighted by Gasteiger charge is -2.35. The van der Waals surface area contributed by atoms with Crippen LogP contribution in [0.5, 0.6) is 5.75 Å². The highest BCUT2D eigenvalue weighted by Crippen LogP contribution is 2.47. The quantitative estimate of drug-likeness (QED) is 0.275. The average Bonchev–Trinajstić information content (AvgIpc) is 3.46. The topological polar surface area (TPSA) is 102 Å². The molecule has 14 heteroatoms. The van der Waals surface area contributed by atoms with Gasteiger partial charge in [-0.2, -0.15) is 34.8 Å². The van der Waals surface area contributed by atoms with Crippen LogP contribution in [0.15, 0.2) is 36.4 Å². The van der Waals surface area contributed by atoms with Crippen LogP contribution in [0.2, 0.25) is 0 Å². The molecule has 1 saturated heterocycles. The Kier molecular flexibility index (Phi) is 6.08. The van der Waals surface area contributed by atoms with E-state index >= 15 is 0 Å². The highest BCUT2D eigenvalue weighted by atomic mass is 32.2. The zero-order valence-electron chi connectivity index (χ0n) is 15.7. The predicted octanol–water partition coefficient (Wildman–Crippen LogP) is 3.53. The van der Waals surface area contributed by atoms with E-state index in [2.05, 4.69) is 4.74 Å². The van der Waals surface area contributed by atoms with Gasteiger partial charge in [-0.25, -0.2) is 4.79 Å². The lowest BCUT2D eigenvalue weighted by Crippen LogP contribution is -2.63. The highest BCUT2D eigenvalue weighted by molar-refractivity contribution is 7.85. The molecule has 1 N–H and O–H groups in total. The van der Waals surface area contributed by atoms with Crippen LogP contribution in [0.4, 0.5) is 26.3 Å². The maximum Gasteiger partial charge on any atom is 0.438 e. The van der Waals surface area contributed by atoms with Gasteiger partial charge in [0, 0.05) is 0 Å². The van der Waals surface area contributed by atoms with Gasteiger partial charge in [0.1, 0.15) is 24.2 Å². The molecule has 1 unspecified atom stereocenters. The standard InChI is InChI=1S/C18H14F6O7S/c19-17(20,21)16(18(22,23)24,9-32(26,27)28)31-15(25)11-2-1-10-3-4-13(6-12(10)5-11)29-7-14-8-30-14/h1-6,14H,7-9H2,(H,26,27,28). The highest BCUT2D eigenvalue weighted by Gasteiger charge is 2.76. The van der Waals surface area contributed by atoms with Crippen LogP contribution in [0, 0.1) is 0 Å². The van der Waals surface area contributed by atoms with Crippen molar-refractivity contribution in [1.82, 2.24) is 0 Å². The molecule has 32 heavy (non-hydrogen) atoms. The van der Waals surface area contributed by atoms with Crippen molar-refractivity contribution in [2.45, 2.75) is 24.1 Å². The first kappa shape index (κ1) is 24.1. The molecule has 2 aromatic carbocycles. The molecule has 1 fully saturated rings. The van der Waals surface area contributed by atoms with Crippen LogP contribution in [-0.2, 0) is 19.6 Å². The molecular weight excluding hydrogens is 474 g/mol. The summed E-state index contributed by atoms with van der Waals surface area (Å²) >= 11 is 0. The second-order valence-electron chi connectivity index (χ2n) is 6.93. The molecular formula is C18H14F6O7S. The maximum atomic E-state index is 13.3. The zero-order chi connectivity index (χ0) is 23.9. The summed E-state index contributed by atoms with van der Waals surface area (Å²) in [7, 11) is -5.87. The van der Waals surface area contributed by atoms with E-state index in [1.54, 1.807) is 12.1 Å². The fourth-order valence-electron chi connectivity index (χ4n) is 2.74. The normalized spacial score (nSPS) is 17.3. The first-order valence-electron chi connectivity index (χ1n) is 8.71. The summed E-state index contributed by atoms with van der Waals surface area (Å²) in [6, 6.07) is 7.62. The number of carbonyl (C=O) groups excluding carboxylic acids is 1. The van der Waals surface area contributed by atoms with Gasteiger partial charge < -0.3 is 14.2 Å². The van der Waals surface area contributed by atoms with Crippen molar-refractivity contribution in [1.29, 1.82) is 0 Å². The Labute approximate surface area is 176 Å². The Morgan fingerprint density at radius 3 is 2.16 bits per heavy atom. The number of carbonyl (C=O) groups is 1. The van der Waals surface area contributed by atoms with E-state index in [1.807, 2.05) is 0 Å². The van der Waals surface area contributed by atoms with Crippen molar-refractivity contribution in [3.63, 3.8) is 0 Å². The molecule has 0 spiro atoms. The molecule has 1 heterocycles. The van der Waals surface area contributed by atoms with E-state index in [-0.39, 0.29) is 18.1 Å². The summed E-state index contributed by atoms with van der Waals surface area (Å²) in [6.45, 7) is 0.746. The van der Waals surface area contributed by atoms with Crippen molar-refractivity contribution >= 4 is 26.9 Å². The van der Waals surface area contributed by atoms with E-state index in [0.29, 0.717) is 17.7 Å². The summed E-state index contributed by atoms with van der Waals surface area (Å²) in [6.07, 6.45) is -12.9. The number of epoxide rings is 1. The van der Waals surface area contributed by atoms with E-state index in [9.17, 15) is 39.6 Å². The van der Waals surface area contributed by atoms with Crippen molar-refractivity contribution in [3.05, 3.63) is 42.0 Å². The third kappa shape index (κ3) is 5.24. The Bertz CT molecular complexity index is 1110. The summed E-state index contributed by atoms with van der Waals surface area (Å²) < 4.78 is 125. The second-order valence-corrected chi connectivity index (χ2v) is 8.38. The number of alkyl halides is 6. The molecule has 7 nitrogen and oxygen atoms in total. The largest absolute Gasteiger partial charge is 0.491 e. The van der Waals surface area contributed by atoms with Gasteiger partial charge >= 0.3 is 23.9 Å². The first-order valence-corrected chi connectivity index (χ1v) is 10.3. The van der Waals surface area contributed by atoms with Crippen molar-refractivity contribution < 1.29 is 58.3 Å². The van der Waals surface area contributed by atoms with Gasteiger partial charge in [-0.05, 0) is 35.0 Å². The third-order valence-electron chi connectivity index (χ3n) is 4.45. The minimum Gasteiger partial charge on any atom is -0.491 e. The minimum atomic E-state index is -6.40. The number of ether oxygens (including phenoxy) is 3. The summed E-state index contributed by atoms with van der Waals surface area (Å²) in [5, 5.41) is 0.709. The van der Waals surface area contributed by atoms with Gasteiger partial charge in [0.2, 0.25) is 0 Å². The smallest absolute Gasteiger partial charge is 0.438 e. The van der Waals surface area contributed by atoms with Crippen LogP contribution in [0.25, 0.3) is 10.8 Å². The summed E-state index contributed by atoms with van der Waals surface area (Å²) in [4.78, 5) is 12.2. The van der Waals surface area contributed by atoms with Gasteiger partial charge in [0.25, 0.3) is 10.1 Å². The number of halogens is 6. The molecule has 0 amide bonds. The van der Waals surface area contributed by atoms with Crippen LogP contribution in [0.3, 0.4) is 0 Å². The maximum absolute atomic E-state index is 13.3. The first-order chi connectivity index (χ1) is 14.6. The van der Waals surface area contributed by atoms with Crippen molar-refractivity contribution in [3.8, 4) is 5.75 Å². The number of esters is 1. The van der Waals surface area contributed by atoms with Gasteiger partial charge in [0.05, 0.1) is 12.2 Å². The van der Waals surface area contributed by atoms with Crippen LogP contribution in [-0.4, -0.2) is 62.0 Å². The lowest BCUT2D eigenvalue weighted by atomic mass is 10.0. The second kappa shape index (κ2) is 8.08. The Balaban J connectivity index is 1.95. The fraction of sp³-hybridized carbons (Fsp3) is 0.389.